The van der Waals surface area contributed by atoms with Crippen LogP contribution < -0.4 is 9.64 Å². The molecule has 1 heterocycles. The van der Waals surface area contributed by atoms with Crippen LogP contribution >= 0.6 is 11.6 Å². The Morgan fingerprint density at radius 3 is 2.70 bits per heavy atom. The number of para-hydroxylation sites is 1. The predicted octanol–water partition coefficient (Wildman–Crippen LogP) is 4.17. The Bertz CT molecular complexity index is 567. The molecule has 0 saturated carbocycles. The lowest BCUT2D eigenvalue weighted by Gasteiger charge is -2.31. The van der Waals surface area contributed by atoms with Gasteiger partial charge in [-0.15, -0.1) is 0 Å². The van der Waals surface area contributed by atoms with Crippen molar-refractivity contribution < 1.29 is 4.74 Å². The molecule has 2 aromatic carbocycles. The van der Waals surface area contributed by atoms with Crippen LogP contribution in [0, 0.1) is 0 Å². The second kappa shape index (κ2) is 6.19. The van der Waals surface area contributed by atoms with Crippen molar-refractivity contribution in [1.82, 2.24) is 0 Å². The van der Waals surface area contributed by atoms with E-state index < -0.39 is 0 Å². The first-order valence-electron chi connectivity index (χ1n) is 7.04. The Hall–Kier alpha value is -1.67. The summed E-state index contributed by atoms with van der Waals surface area (Å²) in [5.41, 5.74) is 2.81. The number of hydrogen-bond acceptors (Lipinski definition) is 2. The van der Waals surface area contributed by atoms with Gasteiger partial charge in [0.25, 0.3) is 0 Å². The largest absolute Gasteiger partial charge is 0.492 e. The summed E-state index contributed by atoms with van der Waals surface area (Å²) < 4.78 is 5.78. The van der Waals surface area contributed by atoms with E-state index in [1.807, 2.05) is 24.3 Å². The van der Waals surface area contributed by atoms with E-state index in [4.69, 9.17) is 16.3 Å². The van der Waals surface area contributed by atoms with Gasteiger partial charge in [0.2, 0.25) is 0 Å². The van der Waals surface area contributed by atoms with Crippen molar-refractivity contribution in [3.63, 3.8) is 0 Å². The molecular weight excluding hydrogens is 270 g/mol. The lowest BCUT2D eigenvalue weighted by Crippen LogP contribution is -2.33. The summed E-state index contributed by atoms with van der Waals surface area (Å²) in [6.07, 6.45) is 2.41. The average molecular weight is 288 g/mol. The van der Waals surface area contributed by atoms with Crippen LogP contribution in [-0.2, 0) is 6.42 Å². The number of hydrogen-bond donors (Lipinski definition) is 0. The average Bonchev–Trinajstić information content (AvgIpc) is 2.49. The summed E-state index contributed by atoms with van der Waals surface area (Å²) in [6.45, 7) is 2.72. The van der Waals surface area contributed by atoms with Crippen molar-refractivity contribution in [2.75, 3.05) is 24.6 Å². The fourth-order valence-corrected chi connectivity index (χ4v) is 2.77. The molecule has 0 radical (unpaired) electrons. The summed E-state index contributed by atoms with van der Waals surface area (Å²) in [5, 5.41) is 0.738. The van der Waals surface area contributed by atoms with Crippen molar-refractivity contribution in [3.05, 3.63) is 59.1 Å². The molecular formula is C17H18ClNO. The first kappa shape index (κ1) is 13.3. The van der Waals surface area contributed by atoms with Crippen LogP contribution in [0.1, 0.15) is 12.0 Å². The molecule has 0 atom stereocenters. The number of anilines is 1. The highest BCUT2D eigenvalue weighted by Crippen LogP contribution is 2.26. The number of aryl methyl sites for hydroxylation is 1. The summed E-state index contributed by atoms with van der Waals surface area (Å²) in [7, 11) is 0. The van der Waals surface area contributed by atoms with E-state index in [1.54, 1.807) is 0 Å². The maximum absolute atomic E-state index is 5.86. The fraction of sp³-hybridized carbons (Fsp3) is 0.294. The number of rotatable bonds is 4. The summed E-state index contributed by atoms with van der Waals surface area (Å²) in [5.74, 6) is 0.875. The molecule has 3 heteroatoms. The molecule has 2 nitrogen and oxygen atoms in total. The van der Waals surface area contributed by atoms with Crippen molar-refractivity contribution in [2.45, 2.75) is 12.8 Å². The van der Waals surface area contributed by atoms with E-state index in [0.29, 0.717) is 6.61 Å². The van der Waals surface area contributed by atoms with Gasteiger partial charge in [-0.3, -0.25) is 0 Å². The van der Waals surface area contributed by atoms with Gasteiger partial charge in [-0.25, -0.2) is 0 Å². The van der Waals surface area contributed by atoms with Gasteiger partial charge in [0.1, 0.15) is 12.4 Å². The molecule has 1 aliphatic heterocycles. The van der Waals surface area contributed by atoms with Gasteiger partial charge >= 0.3 is 0 Å². The third-order valence-corrected chi connectivity index (χ3v) is 3.90. The number of fused-ring (bicyclic) bond motifs is 1. The van der Waals surface area contributed by atoms with Crippen LogP contribution in [0.4, 0.5) is 5.69 Å². The van der Waals surface area contributed by atoms with Crippen LogP contribution in [0.5, 0.6) is 5.75 Å². The van der Waals surface area contributed by atoms with E-state index in [9.17, 15) is 0 Å². The Balaban J connectivity index is 1.58. The first-order chi connectivity index (χ1) is 9.83. The zero-order valence-electron chi connectivity index (χ0n) is 11.4. The SMILES string of the molecule is Clc1ccc(OCCN2CCCc3ccccc32)cc1. The van der Waals surface area contributed by atoms with Gasteiger partial charge in [-0.05, 0) is 48.7 Å². The lowest BCUT2D eigenvalue weighted by molar-refractivity contribution is 0.322. The number of halogens is 1. The van der Waals surface area contributed by atoms with E-state index >= 15 is 0 Å². The van der Waals surface area contributed by atoms with E-state index in [1.165, 1.54) is 24.1 Å². The van der Waals surface area contributed by atoms with Crippen LogP contribution in [0.25, 0.3) is 0 Å². The van der Waals surface area contributed by atoms with Gasteiger partial charge in [-0.2, -0.15) is 0 Å². The van der Waals surface area contributed by atoms with Crippen LogP contribution in [0.15, 0.2) is 48.5 Å². The Morgan fingerprint density at radius 2 is 1.85 bits per heavy atom. The van der Waals surface area contributed by atoms with Gasteiger partial charge in [-0.1, -0.05) is 29.8 Å². The van der Waals surface area contributed by atoms with Crippen LogP contribution in [-0.4, -0.2) is 19.7 Å². The smallest absolute Gasteiger partial charge is 0.119 e. The minimum atomic E-state index is 0.690. The van der Waals surface area contributed by atoms with Gasteiger partial charge in [0.15, 0.2) is 0 Å². The normalized spacial score (nSPS) is 13.9. The molecule has 0 N–H and O–H groups in total. The zero-order valence-corrected chi connectivity index (χ0v) is 12.1. The fourth-order valence-electron chi connectivity index (χ4n) is 2.65. The summed E-state index contributed by atoms with van der Waals surface area (Å²) in [4.78, 5) is 2.41. The maximum Gasteiger partial charge on any atom is 0.119 e. The highest BCUT2D eigenvalue weighted by atomic mass is 35.5. The molecule has 0 aliphatic carbocycles. The quantitative estimate of drug-likeness (QED) is 0.837. The second-order valence-corrected chi connectivity index (χ2v) is 5.46. The Labute approximate surface area is 124 Å². The number of nitrogens with zero attached hydrogens (tertiary/aromatic N) is 1. The molecule has 0 bridgehead atoms. The maximum atomic E-state index is 5.86. The van der Waals surface area contributed by atoms with E-state index in [-0.39, 0.29) is 0 Å². The first-order valence-corrected chi connectivity index (χ1v) is 7.42. The Morgan fingerprint density at radius 1 is 1.05 bits per heavy atom. The Kier molecular flexibility index (Phi) is 4.12. The van der Waals surface area contributed by atoms with Gasteiger partial charge in [0, 0.05) is 17.3 Å². The molecule has 1 aliphatic rings. The molecule has 2 aromatic rings. The molecule has 0 fully saturated rings. The summed E-state index contributed by atoms with van der Waals surface area (Å²) in [6, 6.07) is 16.2. The highest BCUT2D eigenvalue weighted by molar-refractivity contribution is 6.30. The number of ether oxygens (including phenoxy) is 1. The van der Waals surface area contributed by atoms with Gasteiger partial charge in [0.05, 0.1) is 6.54 Å². The minimum Gasteiger partial charge on any atom is -0.492 e. The third-order valence-electron chi connectivity index (χ3n) is 3.65. The predicted molar refractivity (Wildman–Crippen MR) is 83.9 cm³/mol. The van der Waals surface area contributed by atoms with Gasteiger partial charge < -0.3 is 9.64 Å². The molecule has 20 heavy (non-hydrogen) atoms. The molecule has 3 rings (SSSR count). The molecule has 0 spiro atoms. The molecule has 104 valence electrons. The second-order valence-electron chi connectivity index (χ2n) is 5.02. The van der Waals surface area contributed by atoms with Crippen LogP contribution in [0.2, 0.25) is 5.02 Å². The van der Waals surface area contributed by atoms with E-state index in [0.717, 1.165) is 23.9 Å². The third kappa shape index (κ3) is 3.07. The standard InChI is InChI=1S/C17H18ClNO/c18-15-7-9-16(10-8-15)20-13-12-19-11-3-5-14-4-1-2-6-17(14)19/h1-2,4,6-10H,3,5,11-13H2. The van der Waals surface area contributed by atoms with E-state index in [2.05, 4.69) is 29.2 Å². The topological polar surface area (TPSA) is 12.5 Å². The van der Waals surface area contributed by atoms with Crippen LogP contribution in [0.3, 0.4) is 0 Å². The molecule has 0 amide bonds. The lowest BCUT2D eigenvalue weighted by atomic mass is 10.0. The summed E-state index contributed by atoms with van der Waals surface area (Å²) >= 11 is 5.86. The minimum absolute atomic E-state index is 0.690. The monoisotopic (exact) mass is 287 g/mol. The van der Waals surface area contributed by atoms with Crippen molar-refractivity contribution >= 4 is 17.3 Å². The highest BCUT2D eigenvalue weighted by Gasteiger charge is 2.15. The number of benzene rings is 2. The molecule has 0 unspecified atom stereocenters. The van der Waals surface area contributed by atoms with Crippen molar-refractivity contribution in [2.24, 2.45) is 0 Å². The molecule has 0 saturated heterocycles. The molecule has 0 aromatic heterocycles. The van der Waals surface area contributed by atoms with Crippen molar-refractivity contribution in [3.8, 4) is 5.75 Å². The zero-order chi connectivity index (χ0) is 13.8. The van der Waals surface area contributed by atoms with Crippen molar-refractivity contribution in [1.29, 1.82) is 0 Å².